The molecule has 13 heavy (non-hydrogen) atoms. The molecule has 0 fully saturated rings. The van der Waals surface area contributed by atoms with Crippen LogP contribution in [-0.2, 0) is 4.79 Å². The number of hydrogen-bond acceptors (Lipinski definition) is 2. The predicted molar refractivity (Wildman–Crippen MR) is 56.8 cm³/mol. The average molecular weight is 185 g/mol. The first-order valence-electron chi connectivity index (χ1n) is 4.99. The van der Waals surface area contributed by atoms with E-state index in [0.717, 1.165) is 6.42 Å². The fourth-order valence-electron chi connectivity index (χ4n) is 1.50. The van der Waals surface area contributed by atoms with Crippen molar-refractivity contribution in [2.75, 3.05) is 7.05 Å². The predicted octanol–water partition coefficient (Wildman–Crippen LogP) is 2.24. The minimum Gasteiger partial charge on any atom is -0.317 e. The van der Waals surface area contributed by atoms with E-state index < -0.39 is 0 Å². The summed E-state index contributed by atoms with van der Waals surface area (Å²) in [5.74, 6) is 0.460. The summed E-state index contributed by atoms with van der Waals surface area (Å²) in [6.07, 6.45) is 0.949. The molecule has 0 heterocycles. The highest BCUT2D eigenvalue weighted by atomic mass is 16.1. The number of carbonyl (C=O) groups excluding carboxylic acids is 1. The van der Waals surface area contributed by atoms with Crippen LogP contribution >= 0.6 is 0 Å². The monoisotopic (exact) mass is 185 g/mol. The van der Waals surface area contributed by atoms with Gasteiger partial charge in [0.1, 0.15) is 5.78 Å². The van der Waals surface area contributed by atoms with Gasteiger partial charge in [-0.05, 0) is 32.7 Å². The summed E-state index contributed by atoms with van der Waals surface area (Å²) in [5.41, 5.74) is 0.180. The van der Waals surface area contributed by atoms with Crippen LogP contribution in [0.25, 0.3) is 0 Å². The standard InChI is InChI=1S/C11H23NO/c1-8(9(2)13)7-11(4,5)10(3)12-6/h8,10,12H,7H2,1-6H3. The average Bonchev–Trinajstić information content (AvgIpc) is 2.01. The zero-order chi connectivity index (χ0) is 10.6. The molecule has 0 amide bonds. The lowest BCUT2D eigenvalue weighted by molar-refractivity contribution is -0.121. The molecule has 2 heteroatoms. The van der Waals surface area contributed by atoms with Gasteiger partial charge in [-0.15, -0.1) is 0 Å². The Balaban J connectivity index is 4.23. The van der Waals surface area contributed by atoms with Crippen LogP contribution in [0.2, 0.25) is 0 Å². The second kappa shape index (κ2) is 4.75. The number of nitrogens with one attached hydrogen (secondary N) is 1. The van der Waals surface area contributed by atoms with Gasteiger partial charge < -0.3 is 5.32 Å². The van der Waals surface area contributed by atoms with Crippen LogP contribution in [0.15, 0.2) is 0 Å². The third kappa shape index (κ3) is 3.90. The minimum absolute atomic E-state index is 0.172. The van der Waals surface area contributed by atoms with Crippen LogP contribution in [0.5, 0.6) is 0 Å². The van der Waals surface area contributed by atoms with Crippen LogP contribution in [0.4, 0.5) is 0 Å². The van der Waals surface area contributed by atoms with Gasteiger partial charge in [-0.25, -0.2) is 0 Å². The highest BCUT2D eigenvalue weighted by Gasteiger charge is 2.27. The number of Topliss-reactive ketones (excluding diaryl/α,β-unsaturated/α-hetero) is 1. The normalized spacial score (nSPS) is 16.8. The topological polar surface area (TPSA) is 29.1 Å². The molecular formula is C11H23NO. The molecule has 0 aliphatic carbocycles. The summed E-state index contributed by atoms with van der Waals surface area (Å²) in [7, 11) is 1.96. The fraction of sp³-hybridized carbons (Fsp3) is 0.909. The van der Waals surface area contributed by atoms with Gasteiger partial charge in [0.05, 0.1) is 0 Å². The zero-order valence-corrected chi connectivity index (χ0v) is 9.77. The summed E-state index contributed by atoms with van der Waals surface area (Å²) in [6, 6.07) is 0.439. The summed E-state index contributed by atoms with van der Waals surface area (Å²) in [5, 5.41) is 3.24. The van der Waals surface area contributed by atoms with E-state index in [0.29, 0.717) is 6.04 Å². The molecule has 0 rings (SSSR count). The van der Waals surface area contributed by atoms with Crippen molar-refractivity contribution in [1.29, 1.82) is 0 Å². The number of carbonyl (C=O) groups is 1. The van der Waals surface area contributed by atoms with E-state index in [1.165, 1.54) is 0 Å². The van der Waals surface area contributed by atoms with Gasteiger partial charge in [-0.1, -0.05) is 20.8 Å². The lowest BCUT2D eigenvalue weighted by Crippen LogP contribution is -2.39. The lowest BCUT2D eigenvalue weighted by Gasteiger charge is -2.33. The van der Waals surface area contributed by atoms with Gasteiger partial charge >= 0.3 is 0 Å². The maximum atomic E-state index is 11.1. The van der Waals surface area contributed by atoms with Crippen molar-refractivity contribution in [3.63, 3.8) is 0 Å². The van der Waals surface area contributed by atoms with E-state index in [1.54, 1.807) is 6.92 Å². The molecule has 0 spiro atoms. The Bertz CT molecular complexity index is 175. The van der Waals surface area contributed by atoms with E-state index in [4.69, 9.17) is 0 Å². The van der Waals surface area contributed by atoms with Gasteiger partial charge in [0, 0.05) is 12.0 Å². The maximum Gasteiger partial charge on any atom is 0.132 e. The fourth-order valence-corrected chi connectivity index (χ4v) is 1.50. The van der Waals surface area contributed by atoms with Crippen LogP contribution < -0.4 is 5.32 Å². The molecule has 0 aliphatic rings. The second-order valence-corrected chi connectivity index (χ2v) is 4.71. The smallest absolute Gasteiger partial charge is 0.132 e. The molecule has 0 radical (unpaired) electrons. The van der Waals surface area contributed by atoms with Gasteiger partial charge in [0.2, 0.25) is 0 Å². The van der Waals surface area contributed by atoms with Gasteiger partial charge in [-0.2, -0.15) is 0 Å². The molecule has 2 unspecified atom stereocenters. The van der Waals surface area contributed by atoms with Crippen molar-refractivity contribution < 1.29 is 4.79 Å². The molecule has 0 aromatic carbocycles. The van der Waals surface area contributed by atoms with Crippen molar-refractivity contribution in [1.82, 2.24) is 5.32 Å². The molecule has 0 saturated heterocycles. The second-order valence-electron chi connectivity index (χ2n) is 4.71. The molecule has 1 N–H and O–H groups in total. The third-order valence-corrected chi connectivity index (χ3v) is 3.13. The summed E-state index contributed by atoms with van der Waals surface area (Å²) >= 11 is 0. The molecule has 0 aromatic rings. The largest absolute Gasteiger partial charge is 0.317 e. The molecular weight excluding hydrogens is 162 g/mol. The Kier molecular flexibility index (Phi) is 4.62. The highest BCUT2D eigenvalue weighted by Crippen LogP contribution is 2.29. The van der Waals surface area contributed by atoms with Crippen LogP contribution in [0, 0.1) is 11.3 Å². The molecule has 2 atom stereocenters. The Morgan fingerprint density at radius 2 is 1.85 bits per heavy atom. The summed E-state index contributed by atoms with van der Waals surface area (Å²) in [6.45, 7) is 10.2. The van der Waals surface area contributed by atoms with Gasteiger partial charge in [0.15, 0.2) is 0 Å². The van der Waals surface area contributed by atoms with Crippen molar-refractivity contribution in [3.05, 3.63) is 0 Å². The molecule has 78 valence electrons. The first-order valence-corrected chi connectivity index (χ1v) is 4.99. The lowest BCUT2D eigenvalue weighted by atomic mass is 9.77. The quantitative estimate of drug-likeness (QED) is 0.711. The molecule has 0 saturated carbocycles. The van der Waals surface area contributed by atoms with Gasteiger partial charge in [0.25, 0.3) is 0 Å². The van der Waals surface area contributed by atoms with Crippen LogP contribution in [0.3, 0.4) is 0 Å². The SMILES string of the molecule is CNC(C)C(C)(C)CC(C)C(C)=O. The summed E-state index contributed by atoms with van der Waals surface area (Å²) in [4.78, 5) is 11.1. The van der Waals surface area contributed by atoms with Crippen molar-refractivity contribution >= 4 is 5.78 Å². The third-order valence-electron chi connectivity index (χ3n) is 3.13. The highest BCUT2D eigenvalue weighted by molar-refractivity contribution is 5.77. The Morgan fingerprint density at radius 1 is 1.38 bits per heavy atom. The van der Waals surface area contributed by atoms with Gasteiger partial charge in [-0.3, -0.25) is 4.79 Å². The first-order chi connectivity index (χ1) is 5.81. The van der Waals surface area contributed by atoms with E-state index >= 15 is 0 Å². The zero-order valence-electron chi connectivity index (χ0n) is 9.77. The van der Waals surface area contributed by atoms with E-state index in [2.05, 4.69) is 26.1 Å². The Hall–Kier alpha value is -0.370. The molecule has 0 aromatic heterocycles. The number of rotatable bonds is 5. The van der Waals surface area contributed by atoms with E-state index in [-0.39, 0.29) is 17.1 Å². The maximum absolute atomic E-state index is 11.1. The Morgan fingerprint density at radius 3 is 2.15 bits per heavy atom. The molecule has 0 aliphatic heterocycles. The Labute approximate surface area is 82.1 Å². The van der Waals surface area contributed by atoms with Crippen molar-refractivity contribution in [3.8, 4) is 0 Å². The van der Waals surface area contributed by atoms with Crippen molar-refractivity contribution in [2.45, 2.75) is 47.1 Å². The first kappa shape index (κ1) is 12.6. The molecule has 0 bridgehead atoms. The van der Waals surface area contributed by atoms with E-state index in [9.17, 15) is 4.79 Å². The molecule has 2 nitrogen and oxygen atoms in total. The number of ketones is 1. The summed E-state index contributed by atoms with van der Waals surface area (Å²) < 4.78 is 0. The van der Waals surface area contributed by atoms with Crippen LogP contribution in [0.1, 0.15) is 41.0 Å². The number of hydrogen-bond donors (Lipinski definition) is 1. The van der Waals surface area contributed by atoms with Crippen LogP contribution in [-0.4, -0.2) is 18.9 Å². The van der Waals surface area contributed by atoms with Crippen molar-refractivity contribution in [2.24, 2.45) is 11.3 Å². The van der Waals surface area contributed by atoms with E-state index in [1.807, 2.05) is 14.0 Å². The minimum atomic E-state index is 0.172.